The van der Waals surface area contributed by atoms with E-state index >= 15 is 0 Å². The number of allylic oxidation sites excluding steroid dienone is 2. The van der Waals surface area contributed by atoms with E-state index in [1.807, 2.05) is 0 Å². The van der Waals surface area contributed by atoms with Gasteiger partial charge in [-0.2, -0.15) is 4.91 Å². The fourth-order valence-electron chi connectivity index (χ4n) is 2.82. The van der Waals surface area contributed by atoms with Crippen molar-refractivity contribution in [2.45, 2.75) is 103 Å². The van der Waals surface area contributed by atoms with Crippen LogP contribution in [0.4, 0.5) is 0 Å². The summed E-state index contributed by atoms with van der Waals surface area (Å²) in [5, 5.41) is 5.59. The summed E-state index contributed by atoms with van der Waals surface area (Å²) in [6.45, 7) is 3.11. The van der Waals surface area contributed by atoms with Crippen molar-refractivity contribution in [3.05, 3.63) is 17.1 Å². The zero-order valence-corrected chi connectivity index (χ0v) is 16.4. The quantitative estimate of drug-likeness (QED) is 0.168. The summed E-state index contributed by atoms with van der Waals surface area (Å²) in [6.07, 6.45) is 22.4. The van der Waals surface area contributed by atoms with E-state index in [2.05, 4.69) is 29.6 Å². The number of nitrogens with one attached hydrogen (secondary N) is 1. The van der Waals surface area contributed by atoms with Gasteiger partial charge in [-0.3, -0.25) is 4.79 Å². The van der Waals surface area contributed by atoms with Gasteiger partial charge in [-0.25, -0.2) is 0 Å². The molecule has 0 spiro atoms. The number of hydrogen-bond acceptors (Lipinski definition) is 3. The van der Waals surface area contributed by atoms with Crippen LogP contribution in [-0.4, -0.2) is 19.0 Å². The molecule has 0 aliphatic carbocycles. The van der Waals surface area contributed by atoms with E-state index in [0.29, 0.717) is 19.4 Å². The van der Waals surface area contributed by atoms with Gasteiger partial charge in [-0.05, 0) is 38.5 Å². The first-order chi connectivity index (χ1) is 12.3. The van der Waals surface area contributed by atoms with E-state index in [4.69, 9.17) is 0 Å². The minimum absolute atomic E-state index is 0.100. The smallest absolute Gasteiger partial charge is 0.219 e. The molecule has 0 aliphatic heterocycles. The van der Waals surface area contributed by atoms with Crippen molar-refractivity contribution in [1.29, 1.82) is 0 Å². The first kappa shape index (κ1) is 23.8. The van der Waals surface area contributed by atoms with Crippen LogP contribution < -0.4 is 5.32 Å². The molecule has 0 unspecified atom stereocenters. The van der Waals surface area contributed by atoms with Crippen LogP contribution >= 0.6 is 0 Å². The molecule has 0 rings (SSSR count). The van der Waals surface area contributed by atoms with Crippen LogP contribution in [0.5, 0.6) is 0 Å². The van der Waals surface area contributed by atoms with Crippen molar-refractivity contribution in [3.8, 4) is 0 Å². The third-order valence-electron chi connectivity index (χ3n) is 4.41. The average Bonchev–Trinajstić information content (AvgIpc) is 2.62. The molecule has 0 aromatic heterocycles. The Morgan fingerprint density at radius 1 is 0.800 bits per heavy atom. The van der Waals surface area contributed by atoms with E-state index in [0.717, 1.165) is 12.8 Å². The molecule has 0 bridgehead atoms. The number of amides is 1. The van der Waals surface area contributed by atoms with Crippen molar-refractivity contribution < 1.29 is 4.79 Å². The Hall–Kier alpha value is -1.19. The summed E-state index contributed by atoms with van der Waals surface area (Å²) in [5.41, 5.74) is 0. The Balaban J connectivity index is 3.18. The molecule has 1 N–H and O–H groups in total. The molecule has 0 saturated carbocycles. The van der Waals surface area contributed by atoms with Gasteiger partial charge in [0, 0.05) is 13.0 Å². The van der Waals surface area contributed by atoms with Crippen LogP contribution in [-0.2, 0) is 4.79 Å². The second-order valence-corrected chi connectivity index (χ2v) is 6.89. The number of carbonyl (C=O) groups is 1. The first-order valence-electron chi connectivity index (χ1n) is 10.5. The monoisotopic (exact) mass is 352 g/mol. The normalized spacial score (nSPS) is 11.1. The van der Waals surface area contributed by atoms with Crippen molar-refractivity contribution >= 4 is 5.91 Å². The number of nitrogens with zero attached hydrogens (tertiary/aromatic N) is 1. The van der Waals surface area contributed by atoms with E-state index in [1.165, 1.54) is 70.6 Å². The van der Waals surface area contributed by atoms with Crippen molar-refractivity contribution in [2.24, 2.45) is 5.18 Å². The predicted molar refractivity (Wildman–Crippen MR) is 108 cm³/mol. The maximum atomic E-state index is 11.5. The second-order valence-electron chi connectivity index (χ2n) is 6.89. The minimum atomic E-state index is 0.100. The van der Waals surface area contributed by atoms with Gasteiger partial charge in [0.05, 0.1) is 6.54 Å². The van der Waals surface area contributed by atoms with Gasteiger partial charge in [-0.1, -0.05) is 75.6 Å². The van der Waals surface area contributed by atoms with E-state index in [1.54, 1.807) is 0 Å². The fraction of sp³-hybridized carbons (Fsp3) is 0.857. The molecule has 146 valence electrons. The molecule has 0 saturated heterocycles. The van der Waals surface area contributed by atoms with Gasteiger partial charge in [0.1, 0.15) is 0 Å². The molecule has 1 amide bonds. The van der Waals surface area contributed by atoms with Crippen molar-refractivity contribution in [2.75, 3.05) is 13.1 Å². The Kier molecular flexibility index (Phi) is 19.9. The molecule has 0 aromatic carbocycles. The van der Waals surface area contributed by atoms with Crippen molar-refractivity contribution in [3.63, 3.8) is 0 Å². The Labute approximate surface area is 155 Å². The number of unbranched alkanes of at least 4 members (excludes halogenated alkanes) is 11. The molecule has 0 radical (unpaired) electrons. The Morgan fingerprint density at radius 3 is 1.96 bits per heavy atom. The lowest BCUT2D eigenvalue weighted by Gasteiger charge is -2.03. The highest BCUT2D eigenvalue weighted by atomic mass is 16.3. The highest BCUT2D eigenvalue weighted by molar-refractivity contribution is 5.75. The molecule has 25 heavy (non-hydrogen) atoms. The van der Waals surface area contributed by atoms with Gasteiger partial charge in [0.2, 0.25) is 5.91 Å². The maximum absolute atomic E-state index is 11.5. The molecular formula is C21H40N2O2. The van der Waals surface area contributed by atoms with Crippen LogP contribution in [0.3, 0.4) is 0 Å². The zero-order valence-electron chi connectivity index (χ0n) is 16.4. The Bertz CT molecular complexity index is 330. The Morgan fingerprint density at radius 2 is 1.36 bits per heavy atom. The fourth-order valence-corrected chi connectivity index (χ4v) is 2.82. The molecule has 0 aromatic rings. The highest BCUT2D eigenvalue weighted by Crippen LogP contribution is 2.09. The van der Waals surface area contributed by atoms with Gasteiger partial charge in [0.25, 0.3) is 0 Å². The SMILES string of the molecule is CCCCCCCC/C=C\CCCCCCCC(=O)NCCCN=O. The highest BCUT2D eigenvalue weighted by Gasteiger charge is 2.00. The van der Waals surface area contributed by atoms with Gasteiger partial charge in [-0.15, -0.1) is 0 Å². The zero-order chi connectivity index (χ0) is 18.4. The average molecular weight is 353 g/mol. The second kappa shape index (κ2) is 20.9. The number of nitroso groups, excluding NO2 is 1. The van der Waals surface area contributed by atoms with Gasteiger partial charge < -0.3 is 5.32 Å². The first-order valence-corrected chi connectivity index (χ1v) is 10.5. The molecule has 0 fully saturated rings. The van der Waals surface area contributed by atoms with Crippen LogP contribution in [0.25, 0.3) is 0 Å². The standard InChI is InChI=1S/C21H40N2O2/c1-2-3-4-5-6-7-8-9-10-11-12-13-14-15-16-18-21(24)22-19-17-20-23-25/h9-10H,2-8,11-20H2,1H3,(H,22,24)/b10-9-. The van der Waals surface area contributed by atoms with Gasteiger partial charge in [0.15, 0.2) is 0 Å². The largest absolute Gasteiger partial charge is 0.356 e. The van der Waals surface area contributed by atoms with Crippen molar-refractivity contribution in [1.82, 2.24) is 5.32 Å². The summed E-state index contributed by atoms with van der Waals surface area (Å²) in [4.78, 5) is 21.4. The lowest BCUT2D eigenvalue weighted by Crippen LogP contribution is -2.24. The van der Waals surface area contributed by atoms with E-state index in [-0.39, 0.29) is 12.5 Å². The van der Waals surface area contributed by atoms with Crippen LogP contribution in [0.15, 0.2) is 17.3 Å². The van der Waals surface area contributed by atoms with Crippen LogP contribution in [0, 0.1) is 4.91 Å². The summed E-state index contributed by atoms with van der Waals surface area (Å²) < 4.78 is 0. The third kappa shape index (κ3) is 20.8. The topological polar surface area (TPSA) is 58.5 Å². The lowest BCUT2D eigenvalue weighted by molar-refractivity contribution is -0.121. The summed E-state index contributed by atoms with van der Waals surface area (Å²) in [5.74, 6) is 0.100. The summed E-state index contributed by atoms with van der Waals surface area (Å²) >= 11 is 0. The molecule has 0 heterocycles. The predicted octanol–water partition coefficient (Wildman–Crippen LogP) is 6.30. The minimum Gasteiger partial charge on any atom is -0.356 e. The van der Waals surface area contributed by atoms with E-state index in [9.17, 15) is 9.70 Å². The molecule has 4 nitrogen and oxygen atoms in total. The molecular weight excluding hydrogens is 312 g/mol. The maximum Gasteiger partial charge on any atom is 0.219 e. The molecule has 4 heteroatoms. The van der Waals surface area contributed by atoms with Crippen LogP contribution in [0.2, 0.25) is 0 Å². The van der Waals surface area contributed by atoms with E-state index < -0.39 is 0 Å². The lowest BCUT2D eigenvalue weighted by atomic mass is 10.1. The van der Waals surface area contributed by atoms with Gasteiger partial charge >= 0.3 is 0 Å². The van der Waals surface area contributed by atoms with Crippen LogP contribution in [0.1, 0.15) is 103 Å². The number of rotatable bonds is 19. The molecule has 0 aliphatic rings. The summed E-state index contributed by atoms with van der Waals surface area (Å²) in [7, 11) is 0. The molecule has 0 atom stereocenters. The number of hydrogen-bond donors (Lipinski definition) is 1. The number of carbonyl (C=O) groups excluding carboxylic acids is 1. The summed E-state index contributed by atoms with van der Waals surface area (Å²) in [6, 6.07) is 0. The third-order valence-corrected chi connectivity index (χ3v) is 4.41.